The number of hydrogen-bond donors (Lipinski definition) is 1. The Labute approximate surface area is 167 Å². The number of anilines is 1. The lowest BCUT2D eigenvalue weighted by molar-refractivity contribution is -0.934. The summed E-state index contributed by atoms with van der Waals surface area (Å²) in [4.78, 5) is 4.09. The second kappa shape index (κ2) is 9.01. The SMILES string of the molecule is CC(C)C[C@@H](c1nnnn1C[C@@H]1CCCO1)[NH+]1CCN(c2ccccc2)CC1. The minimum absolute atomic E-state index is 0.256. The van der Waals surface area contributed by atoms with Crippen molar-refractivity contribution < 1.29 is 9.64 Å². The standard InChI is InChI=1S/C21H32N6O/c1-17(2)15-20(21-22-23-24-27(21)16-19-9-6-14-28-19)26-12-10-25(11-13-26)18-7-4-3-5-8-18/h3-5,7-8,17,19-20H,6,9-16H2,1-2H3/p+1/t19-,20-/m0/s1. The normalized spacial score (nSPS) is 22.1. The molecule has 0 aliphatic carbocycles. The van der Waals surface area contributed by atoms with Crippen LogP contribution in [0.25, 0.3) is 0 Å². The highest BCUT2D eigenvalue weighted by Crippen LogP contribution is 2.20. The summed E-state index contributed by atoms with van der Waals surface area (Å²) in [6.45, 7) is 10.6. The summed E-state index contributed by atoms with van der Waals surface area (Å²) in [7, 11) is 0. The van der Waals surface area contributed by atoms with Gasteiger partial charge in [0.05, 0.1) is 38.8 Å². The van der Waals surface area contributed by atoms with Gasteiger partial charge in [-0.25, -0.2) is 4.68 Å². The van der Waals surface area contributed by atoms with Gasteiger partial charge in [0, 0.05) is 18.7 Å². The van der Waals surface area contributed by atoms with Gasteiger partial charge in [-0.05, 0) is 41.3 Å². The molecule has 152 valence electrons. The maximum absolute atomic E-state index is 5.82. The Morgan fingerprint density at radius 1 is 1.18 bits per heavy atom. The molecule has 2 aliphatic rings. The molecule has 7 heteroatoms. The fraction of sp³-hybridized carbons (Fsp3) is 0.667. The summed E-state index contributed by atoms with van der Waals surface area (Å²) in [6, 6.07) is 11.1. The number of benzene rings is 1. The zero-order valence-electron chi connectivity index (χ0n) is 17.1. The molecule has 2 atom stereocenters. The molecule has 2 saturated heterocycles. The van der Waals surface area contributed by atoms with Crippen molar-refractivity contribution in [1.82, 2.24) is 20.2 Å². The first kappa shape index (κ1) is 19.3. The van der Waals surface area contributed by atoms with Crippen molar-refractivity contribution in [3.63, 3.8) is 0 Å². The number of tetrazole rings is 1. The van der Waals surface area contributed by atoms with Gasteiger partial charge in [-0.3, -0.25) is 0 Å². The molecule has 2 fully saturated rings. The third-order valence-electron chi connectivity index (χ3n) is 6.00. The highest BCUT2D eigenvalue weighted by Gasteiger charge is 2.34. The summed E-state index contributed by atoms with van der Waals surface area (Å²) in [6.07, 6.45) is 3.61. The molecule has 0 amide bonds. The van der Waals surface area contributed by atoms with E-state index in [1.165, 1.54) is 5.69 Å². The van der Waals surface area contributed by atoms with Gasteiger partial charge in [0.1, 0.15) is 6.04 Å². The van der Waals surface area contributed by atoms with Crippen molar-refractivity contribution in [2.24, 2.45) is 5.92 Å². The molecule has 1 aromatic heterocycles. The first-order valence-corrected chi connectivity index (χ1v) is 10.7. The molecule has 0 saturated carbocycles. The van der Waals surface area contributed by atoms with Crippen LogP contribution in [-0.2, 0) is 11.3 Å². The van der Waals surface area contributed by atoms with Crippen LogP contribution >= 0.6 is 0 Å². The Kier molecular flexibility index (Phi) is 6.22. The van der Waals surface area contributed by atoms with Gasteiger partial charge in [0.15, 0.2) is 0 Å². The number of quaternary nitrogens is 1. The number of aromatic nitrogens is 4. The number of nitrogens with zero attached hydrogens (tertiary/aromatic N) is 5. The average Bonchev–Trinajstić information content (AvgIpc) is 3.39. The van der Waals surface area contributed by atoms with E-state index in [2.05, 4.69) is 64.6 Å². The molecular weight excluding hydrogens is 352 g/mol. The van der Waals surface area contributed by atoms with E-state index in [0.29, 0.717) is 12.0 Å². The van der Waals surface area contributed by atoms with E-state index >= 15 is 0 Å². The molecule has 3 heterocycles. The van der Waals surface area contributed by atoms with Crippen LogP contribution in [0.15, 0.2) is 30.3 Å². The van der Waals surface area contributed by atoms with Crippen molar-refractivity contribution in [3.05, 3.63) is 36.2 Å². The molecule has 1 aromatic carbocycles. The molecule has 0 bridgehead atoms. The Balaban J connectivity index is 1.46. The quantitative estimate of drug-likeness (QED) is 0.780. The van der Waals surface area contributed by atoms with Crippen LogP contribution in [0.2, 0.25) is 0 Å². The number of nitrogens with one attached hydrogen (secondary N) is 1. The number of piperazine rings is 1. The largest absolute Gasteiger partial charge is 0.376 e. The first-order chi connectivity index (χ1) is 13.7. The summed E-state index contributed by atoms with van der Waals surface area (Å²) in [5.74, 6) is 1.64. The van der Waals surface area contributed by atoms with Gasteiger partial charge in [0.2, 0.25) is 5.82 Å². The number of ether oxygens (including phenoxy) is 1. The maximum Gasteiger partial charge on any atom is 0.209 e. The molecule has 28 heavy (non-hydrogen) atoms. The fourth-order valence-electron chi connectivity index (χ4n) is 4.54. The van der Waals surface area contributed by atoms with Crippen molar-refractivity contribution in [2.75, 3.05) is 37.7 Å². The van der Waals surface area contributed by atoms with Crippen molar-refractivity contribution in [1.29, 1.82) is 0 Å². The van der Waals surface area contributed by atoms with E-state index in [1.54, 1.807) is 4.90 Å². The third-order valence-corrected chi connectivity index (χ3v) is 6.00. The van der Waals surface area contributed by atoms with E-state index in [9.17, 15) is 0 Å². The number of para-hydroxylation sites is 1. The number of rotatable bonds is 7. The second-order valence-corrected chi connectivity index (χ2v) is 8.52. The Morgan fingerprint density at radius 3 is 2.64 bits per heavy atom. The lowest BCUT2D eigenvalue weighted by Gasteiger charge is -2.37. The Morgan fingerprint density at radius 2 is 1.96 bits per heavy atom. The van der Waals surface area contributed by atoms with Crippen LogP contribution in [0.3, 0.4) is 0 Å². The van der Waals surface area contributed by atoms with Gasteiger partial charge in [-0.15, -0.1) is 5.10 Å². The van der Waals surface area contributed by atoms with E-state index in [1.807, 2.05) is 4.68 Å². The summed E-state index contributed by atoms with van der Waals surface area (Å²) < 4.78 is 7.83. The van der Waals surface area contributed by atoms with Crippen LogP contribution in [0.5, 0.6) is 0 Å². The smallest absolute Gasteiger partial charge is 0.209 e. The monoisotopic (exact) mass is 385 g/mol. The van der Waals surface area contributed by atoms with Crippen molar-refractivity contribution in [2.45, 2.75) is 51.8 Å². The first-order valence-electron chi connectivity index (χ1n) is 10.7. The highest BCUT2D eigenvalue weighted by molar-refractivity contribution is 5.46. The third kappa shape index (κ3) is 4.52. The van der Waals surface area contributed by atoms with Crippen molar-refractivity contribution in [3.8, 4) is 0 Å². The topological polar surface area (TPSA) is 60.5 Å². The molecule has 2 aliphatic heterocycles. The highest BCUT2D eigenvalue weighted by atomic mass is 16.5. The predicted molar refractivity (Wildman–Crippen MR) is 108 cm³/mol. The predicted octanol–water partition coefficient (Wildman–Crippen LogP) is 1.34. The molecule has 0 unspecified atom stereocenters. The van der Waals surface area contributed by atoms with Crippen LogP contribution in [0.4, 0.5) is 5.69 Å². The zero-order chi connectivity index (χ0) is 19.3. The molecule has 2 aromatic rings. The summed E-state index contributed by atoms with van der Waals surface area (Å²) >= 11 is 0. The van der Waals surface area contributed by atoms with Gasteiger partial charge in [-0.1, -0.05) is 32.0 Å². The molecule has 7 nitrogen and oxygen atoms in total. The number of hydrogen-bond acceptors (Lipinski definition) is 5. The second-order valence-electron chi connectivity index (χ2n) is 8.52. The van der Waals surface area contributed by atoms with Crippen molar-refractivity contribution >= 4 is 5.69 Å². The fourth-order valence-corrected chi connectivity index (χ4v) is 4.54. The van der Waals surface area contributed by atoms with E-state index in [4.69, 9.17) is 4.74 Å². The lowest BCUT2D eigenvalue weighted by Crippen LogP contribution is -3.15. The van der Waals surface area contributed by atoms with Crippen LogP contribution < -0.4 is 9.80 Å². The van der Waals surface area contributed by atoms with Gasteiger partial charge in [0.25, 0.3) is 0 Å². The minimum Gasteiger partial charge on any atom is -0.376 e. The maximum atomic E-state index is 5.82. The van der Waals surface area contributed by atoms with E-state index in [-0.39, 0.29) is 6.10 Å². The zero-order valence-corrected chi connectivity index (χ0v) is 17.1. The molecule has 0 spiro atoms. The molecule has 4 rings (SSSR count). The summed E-state index contributed by atoms with van der Waals surface area (Å²) in [5.41, 5.74) is 1.32. The van der Waals surface area contributed by atoms with E-state index < -0.39 is 0 Å². The van der Waals surface area contributed by atoms with Gasteiger partial charge in [-0.2, -0.15) is 0 Å². The van der Waals surface area contributed by atoms with Crippen LogP contribution in [0, 0.1) is 5.92 Å². The molecule has 1 N–H and O–H groups in total. The summed E-state index contributed by atoms with van der Waals surface area (Å²) in [5, 5.41) is 12.8. The minimum atomic E-state index is 0.256. The van der Waals surface area contributed by atoms with Gasteiger partial charge < -0.3 is 14.5 Å². The molecule has 0 radical (unpaired) electrons. The van der Waals surface area contributed by atoms with Crippen LogP contribution in [0.1, 0.15) is 45.0 Å². The Bertz CT molecular complexity index is 720. The van der Waals surface area contributed by atoms with Gasteiger partial charge >= 0.3 is 0 Å². The van der Waals surface area contributed by atoms with E-state index in [0.717, 1.165) is 64.4 Å². The average molecular weight is 386 g/mol. The van der Waals surface area contributed by atoms with Crippen LogP contribution in [-0.4, -0.2) is 59.1 Å². The lowest BCUT2D eigenvalue weighted by atomic mass is 10.0. The molecular formula is C21H33N6O+. The Hall–Kier alpha value is -1.99.